The second kappa shape index (κ2) is 8.15. The van der Waals surface area contributed by atoms with Crippen molar-refractivity contribution in [2.24, 2.45) is 5.92 Å². The Hall–Kier alpha value is -2.07. The summed E-state index contributed by atoms with van der Waals surface area (Å²) < 4.78 is 5.41. The summed E-state index contributed by atoms with van der Waals surface area (Å²) in [7, 11) is 0. The van der Waals surface area contributed by atoms with E-state index >= 15 is 0 Å². The molecule has 1 N–H and O–H groups in total. The fourth-order valence-electron chi connectivity index (χ4n) is 3.30. The summed E-state index contributed by atoms with van der Waals surface area (Å²) >= 11 is 0. The van der Waals surface area contributed by atoms with Crippen LogP contribution in [0.15, 0.2) is 47.1 Å². The zero-order valence-electron chi connectivity index (χ0n) is 14.3. The number of furan rings is 1. The largest absolute Gasteiger partial charge is 0.468 e. The number of likely N-dealkylation sites (tertiary alicyclic amines) is 1. The van der Waals surface area contributed by atoms with Crippen LogP contribution in [0.2, 0.25) is 0 Å². The molecule has 1 aliphatic heterocycles. The molecular formula is C20H26N2O2. The number of carbonyl (C=O) groups is 1. The predicted octanol–water partition coefficient (Wildman–Crippen LogP) is 3.16. The smallest absolute Gasteiger partial charge is 0.224 e. The SMILES string of the molecule is Cc1cccc(CC(=O)NCC2CCN(Cc3ccco3)CC2)c1. The Morgan fingerprint density at radius 3 is 2.79 bits per heavy atom. The summed E-state index contributed by atoms with van der Waals surface area (Å²) in [6.07, 6.45) is 4.46. The number of nitrogens with zero attached hydrogens (tertiary/aromatic N) is 1. The van der Waals surface area contributed by atoms with E-state index in [0.717, 1.165) is 50.3 Å². The molecule has 3 rings (SSSR count). The van der Waals surface area contributed by atoms with Gasteiger partial charge in [-0.3, -0.25) is 9.69 Å². The van der Waals surface area contributed by atoms with Crippen molar-refractivity contribution in [2.75, 3.05) is 19.6 Å². The van der Waals surface area contributed by atoms with Gasteiger partial charge in [0, 0.05) is 6.54 Å². The number of piperidine rings is 1. The van der Waals surface area contributed by atoms with Crippen molar-refractivity contribution < 1.29 is 9.21 Å². The third kappa shape index (κ3) is 4.96. The number of amides is 1. The molecule has 4 nitrogen and oxygen atoms in total. The van der Waals surface area contributed by atoms with Crippen molar-refractivity contribution >= 4 is 5.91 Å². The molecule has 0 radical (unpaired) electrons. The zero-order chi connectivity index (χ0) is 16.8. The Morgan fingerprint density at radius 2 is 2.08 bits per heavy atom. The maximum atomic E-state index is 12.1. The van der Waals surface area contributed by atoms with Gasteiger partial charge < -0.3 is 9.73 Å². The predicted molar refractivity (Wildman–Crippen MR) is 94.6 cm³/mol. The van der Waals surface area contributed by atoms with E-state index in [1.807, 2.05) is 24.3 Å². The number of hydrogen-bond acceptors (Lipinski definition) is 3. The molecule has 2 heterocycles. The van der Waals surface area contributed by atoms with Crippen LogP contribution in [0.4, 0.5) is 0 Å². The van der Waals surface area contributed by atoms with Crippen LogP contribution in [0.5, 0.6) is 0 Å². The first kappa shape index (κ1) is 16.8. The number of aryl methyl sites for hydroxylation is 1. The Labute approximate surface area is 143 Å². The van der Waals surface area contributed by atoms with Gasteiger partial charge in [0.25, 0.3) is 0 Å². The Morgan fingerprint density at radius 1 is 1.25 bits per heavy atom. The molecule has 1 aromatic heterocycles. The molecule has 4 heteroatoms. The van der Waals surface area contributed by atoms with Gasteiger partial charge in [-0.05, 0) is 56.5 Å². The fourth-order valence-corrected chi connectivity index (χ4v) is 3.30. The first-order valence-corrected chi connectivity index (χ1v) is 8.76. The van der Waals surface area contributed by atoms with Gasteiger partial charge >= 0.3 is 0 Å². The molecule has 1 saturated heterocycles. The summed E-state index contributed by atoms with van der Waals surface area (Å²) in [5.41, 5.74) is 2.28. The quantitative estimate of drug-likeness (QED) is 0.887. The summed E-state index contributed by atoms with van der Waals surface area (Å²) in [4.78, 5) is 14.5. The van der Waals surface area contributed by atoms with Gasteiger partial charge in [-0.1, -0.05) is 29.8 Å². The van der Waals surface area contributed by atoms with E-state index in [4.69, 9.17) is 4.42 Å². The Balaban J connectivity index is 1.36. The third-order valence-corrected chi connectivity index (χ3v) is 4.70. The van der Waals surface area contributed by atoms with Crippen LogP contribution in [-0.4, -0.2) is 30.4 Å². The topological polar surface area (TPSA) is 45.5 Å². The van der Waals surface area contributed by atoms with Crippen molar-refractivity contribution in [3.8, 4) is 0 Å². The van der Waals surface area contributed by atoms with Gasteiger partial charge in [-0.2, -0.15) is 0 Å². The second-order valence-corrected chi connectivity index (χ2v) is 6.77. The van der Waals surface area contributed by atoms with Gasteiger partial charge in [0.15, 0.2) is 0 Å². The van der Waals surface area contributed by atoms with Crippen LogP contribution in [0.3, 0.4) is 0 Å². The molecule has 2 aromatic rings. The van der Waals surface area contributed by atoms with Gasteiger partial charge in [0.2, 0.25) is 5.91 Å². The zero-order valence-corrected chi connectivity index (χ0v) is 14.3. The van der Waals surface area contributed by atoms with Crippen molar-refractivity contribution in [3.63, 3.8) is 0 Å². The molecule has 1 aromatic carbocycles. The average Bonchev–Trinajstić information content (AvgIpc) is 3.07. The average molecular weight is 326 g/mol. The first-order chi connectivity index (χ1) is 11.7. The van der Waals surface area contributed by atoms with Gasteiger partial charge in [-0.25, -0.2) is 0 Å². The van der Waals surface area contributed by atoms with E-state index in [1.165, 1.54) is 5.56 Å². The van der Waals surface area contributed by atoms with Crippen molar-refractivity contribution in [1.29, 1.82) is 0 Å². The number of nitrogens with one attached hydrogen (secondary N) is 1. The summed E-state index contributed by atoms with van der Waals surface area (Å²) in [6, 6.07) is 12.1. The summed E-state index contributed by atoms with van der Waals surface area (Å²) in [5.74, 6) is 1.73. The first-order valence-electron chi connectivity index (χ1n) is 8.76. The molecule has 0 atom stereocenters. The number of carbonyl (C=O) groups excluding carboxylic acids is 1. The highest BCUT2D eigenvalue weighted by atomic mass is 16.3. The van der Waals surface area contributed by atoms with E-state index in [2.05, 4.69) is 29.3 Å². The van der Waals surface area contributed by atoms with Crippen LogP contribution >= 0.6 is 0 Å². The van der Waals surface area contributed by atoms with Crippen molar-refractivity contribution in [3.05, 3.63) is 59.5 Å². The van der Waals surface area contributed by atoms with Gasteiger partial charge in [-0.15, -0.1) is 0 Å². The molecule has 24 heavy (non-hydrogen) atoms. The van der Waals surface area contributed by atoms with E-state index < -0.39 is 0 Å². The Kier molecular flexibility index (Phi) is 5.70. The Bertz CT molecular complexity index is 643. The number of hydrogen-bond donors (Lipinski definition) is 1. The molecule has 1 amide bonds. The molecule has 0 bridgehead atoms. The molecule has 1 aliphatic rings. The van der Waals surface area contributed by atoms with Gasteiger partial charge in [0.05, 0.1) is 19.2 Å². The normalized spacial score (nSPS) is 16.2. The lowest BCUT2D eigenvalue weighted by Gasteiger charge is -2.31. The highest BCUT2D eigenvalue weighted by molar-refractivity contribution is 5.78. The lowest BCUT2D eigenvalue weighted by molar-refractivity contribution is -0.120. The molecule has 0 aliphatic carbocycles. The van der Waals surface area contributed by atoms with Crippen LogP contribution in [0.25, 0.3) is 0 Å². The molecular weight excluding hydrogens is 300 g/mol. The lowest BCUT2D eigenvalue weighted by atomic mass is 9.96. The summed E-state index contributed by atoms with van der Waals surface area (Å²) in [5, 5.41) is 3.10. The monoisotopic (exact) mass is 326 g/mol. The van der Waals surface area contributed by atoms with Crippen LogP contribution in [0.1, 0.15) is 29.7 Å². The number of rotatable bonds is 6. The molecule has 0 saturated carbocycles. The maximum Gasteiger partial charge on any atom is 0.224 e. The van der Waals surface area contributed by atoms with Crippen LogP contribution in [-0.2, 0) is 17.8 Å². The molecule has 0 unspecified atom stereocenters. The molecule has 0 spiro atoms. The maximum absolute atomic E-state index is 12.1. The summed E-state index contributed by atoms with van der Waals surface area (Å²) in [6.45, 7) is 5.87. The van der Waals surface area contributed by atoms with Crippen LogP contribution in [0, 0.1) is 12.8 Å². The van der Waals surface area contributed by atoms with E-state index in [1.54, 1.807) is 6.26 Å². The fraction of sp³-hybridized carbons (Fsp3) is 0.450. The number of benzene rings is 1. The van der Waals surface area contributed by atoms with E-state index in [-0.39, 0.29) is 5.91 Å². The minimum atomic E-state index is 0.124. The molecule has 128 valence electrons. The third-order valence-electron chi connectivity index (χ3n) is 4.70. The molecule has 1 fully saturated rings. The minimum Gasteiger partial charge on any atom is -0.468 e. The second-order valence-electron chi connectivity index (χ2n) is 6.77. The van der Waals surface area contributed by atoms with E-state index in [9.17, 15) is 4.79 Å². The van der Waals surface area contributed by atoms with Crippen molar-refractivity contribution in [1.82, 2.24) is 10.2 Å². The van der Waals surface area contributed by atoms with Gasteiger partial charge in [0.1, 0.15) is 5.76 Å². The highest BCUT2D eigenvalue weighted by Gasteiger charge is 2.20. The standard InChI is InChI=1S/C20H26N2O2/c1-16-4-2-5-18(12-16)13-20(23)21-14-17-7-9-22(10-8-17)15-19-6-3-11-24-19/h2-6,11-12,17H,7-10,13-15H2,1H3,(H,21,23). The van der Waals surface area contributed by atoms with Crippen LogP contribution < -0.4 is 5.32 Å². The minimum absolute atomic E-state index is 0.124. The highest BCUT2D eigenvalue weighted by Crippen LogP contribution is 2.18. The van der Waals surface area contributed by atoms with E-state index in [0.29, 0.717) is 12.3 Å². The lowest BCUT2D eigenvalue weighted by Crippen LogP contribution is -2.38. The van der Waals surface area contributed by atoms with Crippen molar-refractivity contribution in [2.45, 2.75) is 32.7 Å².